The second-order valence-electron chi connectivity index (χ2n) is 3.87. The first-order valence-electron chi connectivity index (χ1n) is 5.51. The van der Waals surface area contributed by atoms with Gasteiger partial charge in [0.15, 0.2) is 5.13 Å². The Morgan fingerprint density at radius 1 is 1.62 bits per heavy atom. The maximum atomic E-state index is 11.6. The molecular formula is C10H16N4OS. The Labute approximate surface area is 98.4 Å². The van der Waals surface area contributed by atoms with Crippen molar-refractivity contribution in [1.29, 1.82) is 0 Å². The molecule has 0 atom stereocenters. The molecule has 0 aliphatic heterocycles. The van der Waals surface area contributed by atoms with Crippen LogP contribution in [-0.4, -0.2) is 23.5 Å². The van der Waals surface area contributed by atoms with E-state index in [2.05, 4.69) is 15.6 Å². The number of hydrogen-bond donors (Lipinski definition) is 3. The fourth-order valence-corrected chi connectivity index (χ4v) is 2.40. The molecule has 0 spiro atoms. The summed E-state index contributed by atoms with van der Waals surface area (Å²) in [5, 5.41) is 6.76. The van der Waals surface area contributed by atoms with Gasteiger partial charge in [-0.05, 0) is 26.2 Å². The molecule has 2 rings (SSSR count). The number of aromatic nitrogens is 1. The molecule has 1 fully saturated rings. The molecule has 1 aromatic rings. The fraction of sp³-hybridized carbons (Fsp3) is 0.600. The number of carbonyl (C=O) groups excluding carboxylic acids is 1. The molecule has 0 saturated heterocycles. The summed E-state index contributed by atoms with van der Waals surface area (Å²) in [5.74, 6) is 0.178. The molecule has 1 saturated carbocycles. The minimum Gasteiger partial charge on any atom is -0.382 e. The number of anilines is 2. The minimum atomic E-state index is -0.140. The smallest absolute Gasteiger partial charge is 0.265 e. The maximum Gasteiger partial charge on any atom is 0.265 e. The van der Waals surface area contributed by atoms with Gasteiger partial charge in [0.25, 0.3) is 5.91 Å². The van der Waals surface area contributed by atoms with Gasteiger partial charge in [0, 0.05) is 12.6 Å². The molecule has 1 aromatic heterocycles. The monoisotopic (exact) mass is 240 g/mol. The summed E-state index contributed by atoms with van der Waals surface area (Å²) in [5.41, 5.74) is 5.71. The van der Waals surface area contributed by atoms with Crippen molar-refractivity contribution in [2.24, 2.45) is 0 Å². The van der Waals surface area contributed by atoms with Crippen molar-refractivity contribution in [3.63, 3.8) is 0 Å². The van der Waals surface area contributed by atoms with Gasteiger partial charge in [-0.25, -0.2) is 4.98 Å². The molecule has 88 valence electrons. The van der Waals surface area contributed by atoms with Crippen LogP contribution in [0.1, 0.15) is 35.9 Å². The van der Waals surface area contributed by atoms with Crippen LogP contribution >= 0.6 is 11.3 Å². The van der Waals surface area contributed by atoms with Crippen molar-refractivity contribution < 1.29 is 4.79 Å². The van der Waals surface area contributed by atoms with E-state index in [-0.39, 0.29) is 5.91 Å². The predicted octanol–water partition coefficient (Wildman–Crippen LogP) is 1.44. The quantitative estimate of drug-likeness (QED) is 0.744. The number of nitrogens with two attached hydrogens (primary N) is 1. The Hall–Kier alpha value is -1.30. The zero-order valence-electron chi connectivity index (χ0n) is 9.25. The summed E-state index contributed by atoms with van der Waals surface area (Å²) in [6, 6.07) is 0.507. The molecule has 0 radical (unpaired) electrons. The van der Waals surface area contributed by atoms with E-state index in [4.69, 9.17) is 5.73 Å². The fourth-order valence-electron chi connectivity index (χ4n) is 1.52. The second kappa shape index (κ2) is 4.69. The number of thiazole rings is 1. The summed E-state index contributed by atoms with van der Waals surface area (Å²) in [6.45, 7) is 2.48. The molecule has 0 bridgehead atoms. The largest absolute Gasteiger partial charge is 0.382 e. The standard InChI is InChI=1S/C10H16N4OS/c1-2-12-9(15)7-8(11)14-10(16-7)13-6-4-3-5-6/h6H,2-5,11H2,1H3,(H,12,15)(H,13,14). The third kappa shape index (κ3) is 2.27. The molecule has 1 aliphatic carbocycles. The average Bonchev–Trinajstić information content (AvgIpc) is 2.54. The lowest BCUT2D eigenvalue weighted by molar-refractivity contribution is 0.0960. The summed E-state index contributed by atoms with van der Waals surface area (Å²) >= 11 is 1.33. The summed E-state index contributed by atoms with van der Waals surface area (Å²) in [6.07, 6.45) is 3.62. The second-order valence-corrected chi connectivity index (χ2v) is 4.86. The van der Waals surface area contributed by atoms with Crippen LogP contribution in [0, 0.1) is 0 Å². The number of carbonyl (C=O) groups is 1. The van der Waals surface area contributed by atoms with E-state index in [1.165, 1.54) is 30.6 Å². The zero-order chi connectivity index (χ0) is 11.5. The Morgan fingerprint density at radius 2 is 2.38 bits per heavy atom. The minimum absolute atomic E-state index is 0.140. The van der Waals surface area contributed by atoms with Gasteiger partial charge < -0.3 is 16.4 Å². The number of amides is 1. The molecular weight excluding hydrogens is 224 g/mol. The lowest BCUT2D eigenvalue weighted by Gasteiger charge is -2.25. The van der Waals surface area contributed by atoms with Gasteiger partial charge >= 0.3 is 0 Å². The third-order valence-electron chi connectivity index (χ3n) is 2.63. The normalized spacial score (nSPS) is 15.6. The van der Waals surface area contributed by atoms with Gasteiger partial charge in [-0.3, -0.25) is 4.79 Å². The number of hydrogen-bond acceptors (Lipinski definition) is 5. The van der Waals surface area contributed by atoms with Gasteiger partial charge in [0.1, 0.15) is 10.7 Å². The van der Waals surface area contributed by atoms with E-state index in [0.717, 1.165) is 5.13 Å². The van der Waals surface area contributed by atoms with E-state index in [1.54, 1.807) is 0 Å². The highest BCUT2D eigenvalue weighted by Gasteiger charge is 2.21. The average molecular weight is 240 g/mol. The van der Waals surface area contributed by atoms with Crippen molar-refractivity contribution in [1.82, 2.24) is 10.3 Å². The number of rotatable bonds is 4. The zero-order valence-corrected chi connectivity index (χ0v) is 10.1. The highest BCUT2D eigenvalue weighted by molar-refractivity contribution is 7.18. The van der Waals surface area contributed by atoms with Crippen LogP contribution in [0.15, 0.2) is 0 Å². The van der Waals surface area contributed by atoms with E-state index >= 15 is 0 Å². The number of nitrogens with zero attached hydrogens (tertiary/aromatic N) is 1. The van der Waals surface area contributed by atoms with Crippen LogP contribution in [0.4, 0.5) is 10.9 Å². The number of nitrogens with one attached hydrogen (secondary N) is 2. The van der Waals surface area contributed by atoms with Crippen molar-refractivity contribution in [3.8, 4) is 0 Å². The van der Waals surface area contributed by atoms with Gasteiger partial charge in [-0.1, -0.05) is 11.3 Å². The highest BCUT2D eigenvalue weighted by Crippen LogP contribution is 2.29. The Kier molecular flexibility index (Phi) is 3.28. The molecule has 1 amide bonds. The van der Waals surface area contributed by atoms with Crippen molar-refractivity contribution >= 4 is 28.2 Å². The van der Waals surface area contributed by atoms with E-state index in [1.807, 2.05) is 6.92 Å². The van der Waals surface area contributed by atoms with Gasteiger partial charge in [-0.15, -0.1) is 0 Å². The van der Waals surface area contributed by atoms with Crippen LogP contribution in [0.5, 0.6) is 0 Å². The summed E-state index contributed by atoms with van der Waals surface area (Å²) in [4.78, 5) is 16.3. The molecule has 4 N–H and O–H groups in total. The lowest BCUT2D eigenvalue weighted by atomic mass is 9.93. The highest BCUT2D eigenvalue weighted by atomic mass is 32.1. The summed E-state index contributed by atoms with van der Waals surface area (Å²) < 4.78 is 0. The van der Waals surface area contributed by atoms with Crippen LogP contribution < -0.4 is 16.4 Å². The van der Waals surface area contributed by atoms with Crippen molar-refractivity contribution in [2.75, 3.05) is 17.6 Å². The van der Waals surface area contributed by atoms with Crippen LogP contribution in [0.3, 0.4) is 0 Å². The van der Waals surface area contributed by atoms with E-state index < -0.39 is 0 Å². The molecule has 1 heterocycles. The Balaban J connectivity index is 2.05. The molecule has 6 heteroatoms. The maximum absolute atomic E-state index is 11.6. The first-order valence-corrected chi connectivity index (χ1v) is 6.33. The molecule has 0 aromatic carbocycles. The SMILES string of the molecule is CCNC(=O)c1sc(NC2CCC2)nc1N. The van der Waals surface area contributed by atoms with E-state index in [0.29, 0.717) is 23.3 Å². The van der Waals surface area contributed by atoms with Gasteiger partial charge in [0.2, 0.25) is 0 Å². The van der Waals surface area contributed by atoms with Crippen LogP contribution in [0.25, 0.3) is 0 Å². The third-order valence-corrected chi connectivity index (χ3v) is 3.63. The molecule has 16 heavy (non-hydrogen) atoms. The van der Waals surface area contributed by atoms with Crippen LogP contribution in [0.2, 0.25) is 0 Å². The lowest BCUT2D eigenvalue weighted by Crippen LogP contribution is -2.26. The Bertz CT molecular complexity index is 386. The topological polar surface area (TPSA) is 80.0 Å². The molecule has 5 nitrogen and oxygen atoms in total. The first-order chi connectivity index (χ1) is 7.70. The van der Waals surface area contributed by atoms with Gasteiger partial charge in [0.05, 0.1) is 0 Å². The summed E-state index contributed by atoms with van der Waals surface area (Å²) in [7, 11) is 0. The van der Waals surface area contributed by atoms with Gasteiger partial charge in [-0.2, -0.15) is 0 Å². The number of nitrogen functional groups attached to an aromatic ring is 1. The van der Waals surface area contributed by atoms with Crippen molar-refractivity contribution in [3.05, 3.63) is 4.88 Å². The van der Waals surface area contributed by atoms with Crippen LogP contribution in [-0.2, 0) is 0 Å². The molecule has 0 unspecified atom stereocenters. The van der Waals surface area contributed by atoms with Crippen molar-refractivity contribution in [2.45, 2.75) is 32.2 Å². The molecule has 1 aliphatic rings. The van der Waals surface area contributed by atoms with E-state index in [9.17, 15) is 4.79 Å². The predicted molar refractivity (Wildman–Crippen MR) is 65.8 cm³/mol. The first kappa shape index (κ1) is 11.2. The Morgan fingerprint density at radius 3 is 2.94 bits per heavy atom.